The van der Waals surface area contributed by atoms with Crippen LogP contribution in [0.25, 0.3) is 0 Å². The lowest BCUT2D eigenvalue weighted by molar-refractivity contribution is -0.380. The minimum atomic E-state index is -0.601. The van der Waals surface area contributed by atoms with Crippen LogP contribution >= 0.6 is 22.9 Å². The summed E-state index contributed by atoms with van der Waals surface area (Å²) in [5, 5.41) is 11.0. The van der Waals surface area contributed by atoms with E-state index in [9.17, 15) is 14.9 Å². The highest BCUT2D eigenvalue weighted by Crippen LogP contribution is 2.29. The molecule has 0 saturated heterocycles. The summed E-state index contributed by atoms with van der Waals surface area (Å²) in [6.45, 7) is 1.70. The summed E-state index contributed by atoms with van der Waals surface area (Å²) in [4.78, 5) is 22.1. The molecule has 2 aromatic rings. The van der Waals surface area contributed by atoms with Crippen molar-refractivity contribution >= 4 is 33.9 Å². The standard InChI is InChI=1S/C13H10ClNO4S/c1-8(9-4-2-3-5-10(9)14)19-13(16)11-6-7-12(20-11)15(17)18/h2-8H,1H3/t8-/m0/s1. The van der Waals surface area contributed by atoms with Crippen LogP contribution in [-0.4, -0.2) is 10.9 Å². The van der Waals surface area contributed by atoms with Crippen molar-refractivity contribution in [1.82, 2.24) is 0 Å². The van der Waals surface area contributed by atoms with E-state index in [4.69, 9.17) is 16.3 Å². The zero-order chi connectivity index (χ0) is 14.7. The number of ether oxygens (including phenoxy) is 1. The van der Waals surface area contributed by atoms with E-state index in [1.54, 1.807) is 31.2 Å². The summed E-state index contributed by atoms with van der Waals surface area (Å²) >= 11 is 6.80. The number of esters is 1. The Hall–Kier alpha value is -1.92. The van der Waals surface area contributed by atoms with Gasteiger partial charge in [0, 0.05) is 16.7 Å². The number of nitro groups is 1. The molecule has 0 amide bonds. The fourth-order valence-electron chi connectivity index (χ4n) is 1.62. The van der Waals surface area contributed by atoms with Crippen LogP contribution < -0.4 is 0 Å². The molecule has 104 valence electrons. The molecule has 7 heteroatoms. The zero-order valence-corrected chi connectivity index (χ0v) is 12.0. The first-order valence-corrected chi connectivity index (χ1v) is 6.88. The molecule has 1 aromatic heterocycles. The highest BCUT2D eigenvalue weighted by atomic mass is 35.5. The van der Waals surface area contributed by atoms with Gasteiger partial charge in [0.25, 0.3) is 0 Å². The van der Waals surface area contributed by atoms with E-state index < -0.39 is 17.0 Å². The summed E-state index contributed by atoms with van der Waals surface area (Å²) < 4.78 is 5.26. The van der Waals surface area contributed by atoms with Gasteiger partial charge in [-0.2, -0.15) is 0 Å². The van der Waals surface area contributed by atoms with E-state index in [-0.39, 0.29) is 9.88 Å². The molecule has 1 heterocycles. The number of nitrogens with zero attached hydrogens (tertiary/aromatic N) is 1. The molecule has 5 nitrogen and oxygen atoms in total. The molecule has 2 rings (SSSR count). The monoisotopic (exact) mass is 311 g/mol. The Kier molecular flexibility index (Phi) is 4.36. The predicted molar refractivity (Wildman–Crippen MR) is 76.3 cm³/mol. The Balaban J connectivity index is 2.11. The fourth-order valence-corrected chi connectivity index (χ4v) is 2.62. The molecule has 0 spiro atoms. The topological polar surface area (TPSA) is 69.4 Å². The molecule has 1 aromatic carbocycles. The van der Waals surface area contributed by atoms with Crippen molar-refractivity contribution in [3.63, 3.8) is 0 Å². The maximum Gasteiger partial charge on any atom is 0.349 e. The number of thiophene rings is 1. The largest absolute Gasteiger partial charge is 0.454 e. The van der Waals surface area contributed by atoms with Gasteiger partial charge in [-0.3, -0.25) is 10.1 Å². The fraction of sp³-hybridized carbons (Fsp3) is 0.154. The summed E-state index contributed by atoms with van der Waals surface area (Å²) in [7, 11) is 0. The molecule has 0 aliphatic rings. The van der Waals surface area contributed by atoms with Crippen molar-refractivity contribution < 1.29 is 14.5 Å². The highest BCUT2D eigenvalue weighted by Gasteiger charge is 2.20. The van der Waals surface area contributed by atoms with Crippen LogP contribution in [0.2, 0.25) is 5.02 Å². The molecule has 20 heavy (non-hydrogen) atoms. The Labute approximate surface area is 123 Å². The van der Waals surface area contributed by atoms with Crippen molar-refractivity contribution in [2.45, 2.75) is 13.0 Å². The quantitative estimate of drug-likeness (QED) is 0.481. The van der Waals surface area contributed by atoms with Gasteiger partial charge in [-0.05, 0) is 19.1 Å². The van der Waals surface area contributed by atoms with Crippen LogP contribution in [0.5, 0.6) is 0 Å². The van der Waals surface area contributed by atoms with E-state index in [1.807, 2.05) is 0 Å². The van der Waals surface area contributed by atoms with Crippen molar-refractivity contribution in [3.8, 4) is 0 Å². The Morgan fingerprint density at radius 3 is 2.65 bits per heavy atom. The van der Waals surface area contributed by atoms with E-state index in [0.29, 0.717) is 10.6 Å². The second-order valence-corrected chi connectivity index (χ2v) is 5.43. The first kappa shape index (κ1) is 14.5. The molecule has 0 aliphatic heterocycles. The first-order valence-electron chi connectivity index (χ1n) is 5.68. The van der Waals surface area contributed by atoms with Crippen molar-refractivity contribution in [1.29, 1.82) is 0 Å². The summed E-state index contributed by atoms with van der Waals surface area (Å²) in [5.74, 6) is -0.601. The average molecular weight is 312 g/mol. The van der Waals surface area contributed by atoms with Gasteiger partial charge in [-0.25, -0.2) is 4.79 Å². The summed E-state index contributed by atoms with van der Waals surface area (Å²) in [6.07, 6.45) is -0.530. The molecule has 0 unspecified atom stereocenters. The summed E-state index contributed by atoms with van der Waals surface area (Å²) in [5.41, 5.74) is 0.688. The zero-order valence-electron chi connectivity index (χ0n) is 10.4. The van der Waals surface area contributed by atoms with Gasteiger partial charge < -0.3 is 4.74 Å². The van der Waals surface area contributed by atoms with Crippen LogP contribution in [0.15, 0.2) is 36.4 Å². The maximum atomic E-state index is 11.9. The second-order valence-electron chi connectivity index (χ2n) is 3.96. The second kappa shape index (κ2) is 6.02. The van der Waals surface area contributed by atoms with Crippen LogP contribution in [0, 0.1) is 10.1 Å². The number of carbonyl (C=O) groups excluding carboxylic acids is 1. The number of benzene rings is 1. The van der Waals surface area contributed by atoms with Crippen LogP contribution in [0.3, 0.4) is 0 Å². The SMILES string of the molecule is C[C@H](OC(=O)c1ccc([N+](=O)[O-])s1)c1ccccc1Cl. The maximum absolute atomic E-state index is 11.9. The summed E-state index contributed by atoms with van der Waals surface area (Å²) in [6, 6.07) is 9.70. The first-order chi connectivity index (χ1) is 9.49. The number of hydrogen-bond acceptors (Lipinski definition) is 5. The van der Waals surface area contributed by atoms with Crippen molar-refractivity contribution in [2.75, 3.05) is 0 Å². The van der Waals surface area contributed by atoms with E-state index in [1.165, 1.54) is 12.1 Å². The Morgan fingerprint density at radius 1 is 1.35 bits per heavy atom. The molecule has 0 saturated carbocycles. The van der Waals surface area contributed by atoms with Crippen LogP contribution in [-0.2, 0) is 4.74 Å². The minimum Gasteiger partial charge on any atom is -0.454 e. The van der Waals surface area contributed by atoms with E-state index in [0.717, 1.165) is 11.3 Å². The minimum absolute atomic E-state index is 0.0950. The third-order valence-electron chi connectivity index (χ3n) is 2.60. The van der Waals surface area contributed by atoms with Gasteiger partial charge in [0.1, 0.15) is 11.0 Å². The third-order valence-corrected chi connectivity index (χ3v) is 3.96. The molecule has 1 atom stereocenters. The molecular formula is C13H10ClNO4S. The molecule has 0 bridgehead atoms. The normalized spacial score (nSPS) is 11.9. The lowest BCUT2D eigenvalue weighted by atomic mass is 10.1. The van der Waals surface area contributed by atoms with E-state index >= 15 is 0 Å². The molecule has 0 N–H and O–H groups in total. The van der Waals surface area contributed by atoms with Gasteiger partial charge in [0.15, 0.2) is 0 Å². The Bertz CT molecular complexity index is 655. The number of carbonyl (C=O) groups is 1. The lowest BCUT2D eigenvalue weighted by Crippen LogP contribution is -2.08. The Morgan fingerprint density at radius 2 is 2.05 bits per heavy atom. The van der Waals surface area contributed by atoms with Crippen molar-refractivity contribution in [3.05, 3.63) is 62.0 Å². The smallest absolute Gasteiger partial charge is 0.349 e. The molecule has 0 aliphatic carbocycles. The molecule has 0 fully saturated rings. The van der Waals surface area contributed by atoms with Crippen LogP contribution in [0.1, 0.15) is 28.3 Å². The van der Waals surface area contributed by atoms with Gasteiger partial charge in [-0.1, -0.05) is 41.1 Å². The third kappa shape index (κ3) is 3.15. The molecular weight excluding hydrogens is 302 g/mol. The lowest BCUT2D eigenvalue weighted by Gasteiger charge is -2.14. The molecule has 0 radical (unpaired) electrons. The number of halogens is 1. The van der Waals surface area contributed by atoms with Crippen LogP contribution in [0.4, 0.5) is 5.00 Å². The van der Waals surface area contributed by atoms with Gasteiger partial charge in [0.2, 0.25) is 0 Å². The van der Waals surface area contributed by atoms with Gasteiger partial charge in [0.05, 0.1) is 4.92 Å². The van der Waals surface area contributed by atoms with Gasteiger partial charge in [-0.15, -0.1) is 0 Å². The average Bonchev–Trinajstić information content (AvgIpc) is 2.88. The predicted octanol–water partition coefficient (Wildman–Crippen LogP) is 4.23. The van der Waals surface area contributed by atoms with Crippen molar-refractivity contribution in [2.24, 2.45) is 0 Å². The number of rotatable bonds is 4. The highest BCUT2D eigenvalue weighted by molar-refractivity contribution is 7.17. The van der Waals surface area contributed by atoms with E-state index in [2.05, 4.69) is 0 Å². The van der Waals surface area contributed by atoms with Gasteiger partial charge >= 0.3 is 11.0 Å². The number of hydrogen-bond donors (Lipinski definition) is 0.